The maximum Gasteiger partial charge on any atom is 0.251 e. The van der Waals surface area contributed by atoms with Gasteiger partial charge in [0, 0.05) is 31.5 Å². The van der Waals surface area contributed by atoms with Crippen molar-refractivity contribution in [2.45, 2.75) is 38.6 Å². The number of amides is 1. The lowest BCUT2D eigenvalue weighted by Gasteiger charge is -2.08. The molecule has 1 aliphatic heterocycles. The van der Waals surface area contributed by atoms with E-state index in [0.29, 0.717) is 18.5 Å². The highest BCUT2D eigenvalue weighted by Crippen LogP contribution is 2.14. The van der Waals surface area contributed by atoms with Crippen LogP contribution in [-0.2, 0) is 19.4 Å². The second-order valence-corrected chi connectivity index (χ2v) is 5.51. The van der Waals surface area contributed by atoms with Gasteiger partial charge in [-0.15, -0.1) is 10.2 Å². The minimum Gasteiger partial charge on any atom is -0.352 e. The summed E-state index contributed by atoms with van der Waals surface area (Å²) in [6, 6.07) is 5.53. The number of aromatic nitrogens is 3. The molecule has 0 spiro atoms. The molecule has 0 aliphatic carbocycles. The number of fused-ring (bicyclic) bond motifs is 1. The van der Waals surface area contributed by atoms with E-state index in [4.69, 9.17) is 0 Å². The molecule has 2 heterocycles. The van der Waals surface area contributed by atoms with Crippen molar-refractivity contribution in [1.82, 2.24) is 20.1 Å². The van der Waals surface area contributed by atoms with E-state index in [0.717, 1.165) is 31.0 Å². The second-order valence-electron chi connectivity index (χ2n) is 5.51. The smallest absolute Gasteiger partial charge is 0.251 e. The maximum absolute atomic E-state index is 12.8. The van der Waals surface area contributed by atoms with E-state index in [9.17, 15) is 9.18 Å². The first-order valence-corrected chi connectivity index (χ1v) is 7.69. The Balaban J connectivity index is 1.56. The summed E-state index contributed by atoms with van der Waals surface area (Å²) in [5.41, 5.74) is 0.460. The number of hydrogen-bond donors (Lipinski definition) is 1. The van der Waals surface area contributed by atoms with Crippen LogP contribution in [0.5, 0.6) is 0 Å². The SMILES string of the molecule is O=C(NCCc1nnc2n1CCCCC2)c1ccc(F)cc1. The molecule has 1 N–H and O–H groups in total. The third-order valence-electron chi connectivity index (χ3n) is 3.93. The number of nitrogens with one attached hydrogen (secondary N) is 1. The molecule has 0 radical (unpaired) electrons. The molecular formula is C16H19FN4O. The number of hydrogen-bond acceptors (Lipinski definition) is 3. The summed E-state index contributed by atoms with van der Waals surface area (Å²) >= 11 is 0. The summed E-state index contributed by atoms with van der Waals surface area (Å²) in [7, 11) is 0. The zero-order valence-electron chi connectivity index (χ0n) is 12.4. The van der Waals surface area contributed by atoms with E-state index >= 15 is 0 Å². The summed E-state index contributed by atoms with van der Waals surface area (Å²) in [5, 5.41) is 11.3. The third kappa shape index (κ3) is 3.32. The van der Waals surface area contributed by atoms with Crippen molar-refractivity contribution in [2.24, 2.45) is 0 Å². The first-order chi connectivity index (χ1) is 10.7. The van der Waals surface area contributed by atoms with E-state index in [1.165, 1.54) is 37.1 Å². The molecule has 1 aliphatic rings. The molecule has 1 aromatic heterocycles. The molecule has 0 saturated heterocycles. The van der Waals surface area contributed by atoms with Crippen LogP contribution in [0.15, 0.2) is 24.3 Å². The fourth-order valence-electron chi connectivity index (χ4n) is 2.72. The molecule has 6 heteroatoms. The predicted octanol–water partition coefficient (Wildman–Crippen LogP) is 2.12. The highest BCUT2D eigenvalue weighted by Gasteiger charge is 2.14. The molecule has 0 fully saturated rings. The predicted molar refractivity (Wildman–Crippen MR) is 80.0 cm³/mol. The van der Waals surface area contributed by atoms with Crippen molar-refractivity contribution < 1.29 is 9.18 Å². The first kappa shape index (κ1) is 14.7. The molecule has 1 aromatic carbocycles. The molecule has 1 amide bonds. The van der Waals surface area contributed by atoms with Gasteiger partial charge in [0.1, 0.15) is 17.5 Å². The molecule has 0 saturated carbocycles. The van der Waals surface area contributed by atoms with Crippen LogP contribution in [0.4, 0.5) is 4.39 Å². The fourth-order valence-corrected chi connectivity index (χ4v) is 2.72. The summed E-state index contributed by atoms with van der Waals surface area (Å²) < 4.78 is 15.0. The van der Waals surface area contributed by atoms with Gasteiger partial charge >= 0.3 is 0 Å². The molecule has 116 valence electrons. The molecule has 22 heavy (non-hydrogen) atoms. The van der Waals surface area contributed by atoms with Crippen molar-refractivity contribution >= 4 is 5.91 Å². The third-order valence-corrected chi connectivity index (χ3v) is 3.93. The Hall–Kier alpha value is -2.24. The number of rotatable bonds is 4. The topological polar surface area (TPSA) is 59.8 Å². The van der Waals surface area contributed by atoms with Gasteiger partial charge in [0.15, 0.2) is 0 Å². The van der Waals surface area contributed by atoms with Gasteiger partial charge in [-0.3, -0.25) is 4.79 Å². The normalized spacial score (nSPS) is 14.2. The van der Waals surface area contributed by atoms with Crippen molar-refractivity contribution in [2.75, 3.05) is 6.54 Å². The maximum atomic E-state index is 12.8. The Labute approximate surface area is 128 Å². The average Bonchev–Trinajstić information content (AvgIpc) is 2.76. The largest absolute Gasteiger partial charge is 0.352 e. The Kier molecular flexibility index (Phi) is 4.46. The highest BCUT2D eigenvalue weighted by atomic mass is 19.1. The van der Waals surface area contributed by atoms with Gasteiger partial charge in [0.05, 0.1) is 0 Å². The van der Waals surface area contributed by atoms with Crippen LogP contribution in [0.2, 0.25) is 0 Å². The number of aryl methyl sites for hydroxylation is 1. The van der Waals surface area contributed by atoms with Gasteiger partial charge in [-0.2, -0.15) is 0 Å². The Morgan fingerprint density at radius 1 is 1.18 bits per heavy atom. The quantitative estimate of drug-likeness (QED) is 0.941. The second kappa shape index (κ2) is 6.68. The van der Waals surface area contributed by atoms with E-state index in [1.54, 1.807) is 0 Å². The first-order valence-electron chi connectivity index (χ1n) is 7.69. The van der Waals surface area contributed by atoms with Crippen molar-refractivity contribution in [3.63, 3.8) is 0 Å². The molecule has 5 nitrogen and oxygen atoms in total. The van der Waals surface area contributed by atoms with Gasteiger partial charge in [-0.1, -0.05) is 6.42 Å². The van der Waals surface area contributed by atoms with Crippen molar-refractivity contribution in [1.29, 1.82) is 0 Å². The minimum atomic E-state index is -0.345. The van der Waals surface area contributed by atoms with Gasteiger partial charge < -0.3 is 9.88 Å². The highest BCUT2D eigenvalue weighted by molar-refractivity contribution is 5.94. The number of nitrogens with zero attached hydrogens (tertiary/aromatic N) is 3. The average molecular weight is 302 g/mol. The van der Waals surface area contributed by atoms with Gasteiger partial charge in [-0.05, 0) is 37.1 Å². The Morgan fingerprint density at radius 3 is 2.82 bits per heavy atom. The van der Waals surface area contributed by atoms with Crippen LogP contribution in [-0.4, -0.2) is 27.2 Å². The van der Waals surface area contributed by atoms with Crippen LogP contribution in [0.3, 0.4) is 0 Å². The van der Waals surface area contributed by atoms with Crippen LogP contribution < -0.4 is 5.32 Å². The minimum absolute atomic E-state index is 0.199. The zero-order valence-corrected chi connectivity index (χ0v) is 12.4. The molecule has 0 unspecified atom stereocenters. The lowest BCUT2D eigenvalue weighted by Crippen LogP contribution is -2.26. The Bertz CT molecular complexity index is 651. The lowest BCUT2D eigenvalue weighted by molar-refractivity contribution is 0.0954. The van der Waals surface area contributed by atoms with Gasteiger partial charge in [0.2, 0.25) is 0 Å². The molecule has 0 bridgehead atoms. The van der Waals surface area contributed by atoms with Crippen LogP contribution in [0, 0.1) is 5.82 Å². The van der Waals surface area contributed by atoms with E-state index in [2.05, 4.69) is 20.1 Å². The van der Waals surface area contributed by atoms with Crippen molar-refractivity contribution in [3.05, 3.63) is 47.3 Å². The standard InChI is InChI=1S/C16H19FN4O/c17-13-7-5-12(6-8-13)16(22)18-10-9-15-20-19-14-4-2-1-3-11-21(14)15/h5-8H,1-4,9-11H2,(H,18,22). The molecule has 0 atom stereocenters. The zero-order chi connectivity index (χ0) is 15.4. The summed E-state index contributed by atoms with van der Waals surface area (Å²) in [6.07, 6.45) is 5.18. The van der Waals surface area contributed by atoms with Crippen LogP contribution in [0.1, 0.15) is 41.3 Å². The number of benzene rings is 1. The van der Waals surface area contributed by atoms with Gasteiger partial charge in [0.25, 0.3) is 5.91 Å². The summed E-state index contributed by atoms with van der Waals surface area (Å²) in [4.78, 5) is 12.0. The van der Waals surface area contributed by atoms with Gasteiger partial charge in [-0.25, -0.2) is 4.39 Å². The summed E-state index contributed by atoms with van der Waals surface area (Å²) in [5.74, 6) is 1.44. The van der Waals surface area contributed by atoms with E-state index in [1.807, 2.05) is 0 Å². The van der Waals surface area contributed by atoms with Crippen LogP contribution >= 0.6 is 0 Å². The number of carbonyl (C=O) groups excluding carboxylic acids is 1. The van der Waals surface area contributed by atoms with E-state index < -0.39 is 0 Å². The summed E-state index contributed by atoms with van der Waals surface area (Å²) in [6.45, 7) is 1.46. The van der Waals surface area contributed by atoms with E-state index in [-0.39, 0.29) is 11.7 Å². The van der Waals surface area contributed by atoms with Crippen LogP contribution in [0.25, 0.3) is 0 Å². The number of carbonyl (C=O) groups is 1. The van der Waals surface area contributed by atoms with Crippen molar-refractivity contribution in [3.8, 4) is 0 Å². The Morgan fingerprint density at radius 2 is 2.00 bits per heavy atom. The monoisotopic (exact) mass is 302 g/mol. The number of halogens is 1. The fraction of sp³-hybridized carbons (Fsp3) is 0.438. The molecule has 3 rings (SSSR count). The molecule has 2 aromatic rings. The molecular weight excluding hydrogens is 283 g/mol. The lowest BCUT2D eigenvalue weighted by atomic mass is 10.2.